The van der Waals surface area contributed by atoms with E-state index in [-0.39, 0.29) is 5.91 Å². The molecule has 88 valence electrons. The number of carbonyl (C=O) groups excluding carboxylic acids is 1. The summed E-state index contributed by atoms with van der Waals surface area (Å²) in [5, 5.41) is 2.61. The Morgan fingerprint density at radius 2 is 2.12 bits per heavy atom. The Kier molecular flexibility index (Phi) is 2.91. The van der Waals surface area contributed by atoms with Gasteiger partial charge in [-0.1, -0.05) is 0 Å². The summed E-state index contributed by atoms with van der Waals surface area (Å²) in [7, 11) is 0. The Balaban J connectivity index is 2.29. The molecule has 0 aromatic carbocycles. The van der Waals surface area contributed by atoms with Crippen LogP contribution in [0.15, 0.2) is 22.7 Å². The fourth-order valence-corrected chi connectivity index (χ4v) is 1.58. The highest BCUT2D eigenvalue weighted by molar-refractivity contribution is 5.87. The molecule has 0 aliphatic heterocycles. The summed E-state index contributed by atoms with van der Waals surface area (Å²) in [5.41, 5.74) is 1.65. The maximum Gasteiger partial charge on any atom is 0.222 e. The molecule has 0 saturated carbocycles. The summed E-state index contributed by atoms with van der Waals surface area (Å²) in [4.78, 5) is 19.3. The Morgan fingerprint density at radius 1 is 1.35 bits per heavy atom. The number of hydrogen-bond donors (Lipinski definition) is 1. The van der Waals surface area contributed by atoms with Gasteiger partial charge in [0.05, 0.1) is 0 Å². The van der Waals surface area contributed by atoms with Crippen molar-refractivity contribution >= 4 is 11.7 Å². The second kappa shape index (κ2) is 4.37. The number of hydrogen-bond acceptors (Lipinski definition) is 4. The first-order valence-corrected chi connectivity index (χ1v) is 5.24. The predicted molar refractivity (Wildman–Crippen MR) is 63.5 cm³/mol. The van der Waals surface area contributed by atoms with Crippen molar-refractivity contribution in [2.24, 2.45) is 0 Å². The van der Waals surface area contributed by atoms with Gasteiger partial charge in [0.1, 0.15) is 17.3 Å². The van der Waals surface area contributed by atoms with Crippen LogP contribution in [0.3, 0.4) is 0 Å². The molecule has 0 radical (unpaired) electrons. The number of oxazole rings is 1. The minimum Gasteiger partial charge on any atom is -0.446 e. The fraction of sp³-hybridized carbons (Fsp3) is 0.250. The number of nitrogens with one attached hydrogen (secondary N) is 1. The van der Waals surface area contributed by atoms with E-state index < -0.39 is 0 Å². The Bertz CT molecular complexity index is 543. The molecule has 2 heterocycles. The Hall–Kier alpha value is -2.17. The lowest BCUT2D eigenvalue weighted by Crippen LogP contribution is -2.06. The lowest BCUT2D eigenvalue weighted by atomic mass is 10.2. The van der Waals surface area contributed by atoms with Crippen LogP contribution in [0.4, 0.5) is 5.82 Å². The van der Waals surface area contributed by atoms with Crippen molar-refractivity contribution < 1.29 is 9.21 Å². The van der Waals surface area contributed by atoms with E-state index in [0.29, 0.717) is 11.7 Å². The summed E-state index contributed by atoms with van der Waals surface area (Å²) in [6.45, 7) is 5.10. The van der Waals surface area contributed by atoms with E-state index in [9.17, 15) is 4.79 Å². The van der Waals surface area contributed by atoms with Crippen LogP contribution in [-0.4, -0.2) is 15.9 Å². The number of carbonyl (C=O) groups is 1. The van der Waals surface area contributed by atoms with Crippen molar-refractivity contribution in [1.29, 1.82) is 0 Å². The van der Waals surface area contributed by atoms with E-state index in [0.717, 1.165) is 17.0 Å². The molecular formula is C12H13N3O2. The first-order chi connectivity index (χ1) is 8.06. The van der Waals surface area contributed by atoms with E-state index in [1.807, 2.05) is 13.0 Å². The van der Waals surface area contributed by atoms with Gasteiger partial charge < -0.3 is 9.73 Å². The van der Waals surface area contributed by atoms with Crippen molar-refractivity contribution in [2.75, 3.05) is 5.32 Å². The van der Waals surface area contributed by atoms with Gasteiger partial charge in [0, 0.05) is 25.6 Å². The van der Waals surface area contributed by atoms with Crippen LogP contribution >= 0.6 is 0 Å². The van der Waals surface area contributed by atoms with Crippen LogP contribution in [0.25, 0.3) is 11.3 Å². The van der Waals surface area contributed by atoms with E-state index in [4.69, 9.17) is 4.42 Å². The van der Waals surface area contributed by atoms with Crippen LogP contribution in [0.5, 0.6) is 0 Å². The maximum atomic E-state index is 10.8. The quantitative estimate of drug-likeness (QED) is 0.861. The zero-order valence-corrected chi connectivity index (χ0v) is 9.94. The largest absolute Gasteiger partial charge is 0.446 e. The van der Waals surface area contributed by atoms with Crippen molar-refractivity contribution in [2.45, 2.75) is 20.8 Å². The predicted octanol–water partition coefficient (Wildman–Crippen LogP) is 2.31. The third-order valence-corrected chi connectivity index (χ3v) is 2.24. The number of nitrogens with zero attached hydrogens (tertiary/aromatic N) is 2. The second-order valence-corrected chi connectivity index (χ2v) is 3.75. The molecule has 0 atom stereocenters. The molecule has 5 heteroatoms. The topological polar surface area (TPSA) is 68.0 Å². The average Bonchev–Trinajstić information content (AvgIpc) is 2.58. The van der Waals surface area contributed by atoms with Crippen LogP contribution in [0.1, 0.15) is 18.6 Å². The number of amides is 1. The Labute approximate surface area is 98.9 Å². The van der Waals surface area contributed by atoms with Crippen LogP contribution in [0, 0.1) is 13.8 Å². The SMILES string of the molecule is CC(=O)Nc1ccc(-c2nc(C)oc2C)cn1. The van der Waals surface area contributed by atoms with Crippen molar-refractivity contribution in [3.05, 3.63) is 30.0 Å². The number of rotatable bonds is 2. The molecule has 0 spiro atoms. The van der Waals surface area contributed by atoms with E-state index in [2.05, 4.69) is 15.3 Å². The smallest absolute Gasteiger partial charge is 0.222 e. The number of anilines is 1. The monoisotopic (exact) mass is 231 g/mol. The van der Waals surface area contributed by atoms with Gasteiger partial charge in [-0.05, 0) is 19.1 Å². The maximum absolute atomic E-state index is 10.8. The number of aryl methyl sites for hydroxylation is 2. The third-order valence-electron chi connectivity index (χ3n) is 2.24. The molecule has 0 aliphatic carbocycles. The van der Waals surface area contributed by atoms with Gasteiger partial charge in [-0.25, -0.2) is 9.97 Å². The molecule has 0 saturated heterocycles. The van der Waals surface area contributed by atoms with Gasteiger partial charge in [-0.3, -0.25) is 4.79 Å². The first kappa shape index (κ1) is 11.3. The minimum atomic E-state index is -0.140. The molecule has 1 N–H and O–H groups in total. The Morgan fingerprint density at radius 3 is 2.59 bits per heavy atom. The number of aromatic nitrogens is 2. The molecular weight excluding hydrogens is 218 g/mol. The van der Waals surface area contributed by atoms with E-state index in [1.165, 1.54) is 6.92 Å². The molecule has 0 fully saturated rings. The first-order valence-electron chi connectivity index (χ1n) is 5.24. The van der Waals surface area contributed by atoms with Crippen molar-refractivity contribution in [3.8, 4) is 11.3 Å². The highest BCUT2D eigenvalue weighted by Crippen LogP contribution is 2.23. The van der Waals surface area contributed by atoms with E-state index in [1.54, 1.807) is 19.2 Å². The number of pyridine rings is 1. The molecule has 1 amide bonds. The van der Waals surface area contributed by atoms with Gasteiger partial charge in [-0.2, -0.15) is 0 Å². The molecule has 2 aromatic heterocycles. The molecule has 0 unspecified atom stereocenters. The highest BCUT2D eigenvalue weighted by Gasteiger charge is 2.09. The molecule has 0 aliphatic rings. The summed E-state index contributed by atoms with van der Waals surface area (Å²) >= 11 is 0. The summed E-state index contributed by atoms with van der Waals surface area (Å²) in [6, 6.07) is 3.59. The van der Waals surface area contributed by atoms with Crippen molar-refractivity contribution in [3.63, 3.8) is 0 Å². The second-order valence-electron chi connectivity index (χ2n) is 3.75. The van der Waals surface area contributed by atoms with Gasteiger partial charge in [0.25, 0.3) is 0 Å². The minimum absolute atomic E-state index is 0.140. The third kappa shape index (κ3) is 2.50. The van der Waals surface area contributed by atoms with Crippen LogP contribution in [0.2, 0.25) is 0 Å². The van der Waals surface area contributed by atoms with Crippen molar-refractivity contribution in [1.82, 2.24) is 9.97 Å². The van der Waals surface area contributed by atoms with Gasteiger partial charge >= 0.3 is 0 Å². The van der Waals surface area contributed by atoms with Gasteiger partial charge in [0.15, 0.2) is 5.89 Å². The summed E-state index contributed by atoms with van der Waals surface area (Å²) in [5.74, 6) is 1.78. The molecule has 2 rings (SSSR count). The van der Waals surface area contributed by atoms with Gasteiger partial charge in [-0.15, -0.1) is 0 Å². The zero-order valence-electron chi connectivity index (χ0n) is 9.94. The highest BCUT2D eigenvalue weighted by atomic mass is 16.4. The average molecular weight is 231 g/mol. The summed E-state index contributed by atoms with van der Waals surface area (Å²) in [6.07, 6.45) is 1.66. The van der Waals surface area contributed by atoms with Crippen LogP contribution < -0.4 is 5.32 Å². The standard InChI is InChI=1S/C12H13N3O2/c1-7-12(15-9(3)17-7)10-4-5-11(13-6-10)14-8(2)16/h4-6H,1-3H3,(H,13,14,16). The normalized spacial score (nSPS) is 10.3. The lowest BCUT2D eigenvalue weighted by molar-refractivity contribution is -0.114. The zero-order chi connectivity index (χ0) is 12.4. The molecule has 2 aromatic rings. The lowest BCUT2D eigenvalue weighted by Gasteiger charge is -2.01. The summed E-state index contributed by atoms with van der Waals surface area (Å²) < 4.78 is 5.36. The molecule has 0 bridgehead atoms. The van der Waals surface area contributed by atoms with E-state index >= 15 is 0 Å². The molecule has 17 heavy (non-hydrogen) atoms. The fourth-order valence-electron chi connectivity index (χ4n) is 1.58. The van der Waals surface area contributed by atoms with Gasteiger partial charge in [0.2, 0.25) is 5.91 Å². The van der Waals surface area contributed by atoms with Crippen LogP contribution in [-0.2, 0) is 4.79 Å². The molecule has 5 nitrogen and oxygen atoms in total.